The molecule has 34 heavy (non-hydrogen) atoms. The third-order valence-electron chi connectivity index (χ3n) is 5.89. The largest absolute Gasteiger partial charge is 0.383 e. The number of nitrogens with two attached hydrogens (primary N) is 1. The summed E-state index contributed by atoms with van der Waals surface area (Å²) in [5.41, 5.74) is 5.76. The van der Waals surface area contributed by atoms with Crippen molar-refractivity contribution in [3.8, 4) is 5.75 Å². The standard InChI is InChI=1S/C24H23ClFN3O4S/c1-3-29-21(30)24(28-22(29)27,17-9-11-18(12-10-17)33-34(2,31)32)23(25)14-13-20(26)19(15-23)16-7-5-4-6-8-16/h4-14H,3,15H2,1-2H3,(H2,27,28). The van der Waals surface area contributed by atoms with Gasteiger partial charge in [-0.1, -0.05) is 48.5 Å². The van der Waals surface area contributed by atoms with Crippen molar-refractivity contribution >= 4 is 39.2 Å². The number of rotatable bonds is 6. The molecule has 2 atom stereocenters. The molecule has 10 heteroatoms. The molecule has 0 bridgehead atoms. The minimum absolute atomic E-state index is 0.00586. The van der Waals surface area contributed by atoms with Gasteiger partial charge in [-0.25, -0.2) is 9.38 Å². The Bertz CT molecular complexity index is 1330. The van der Waals surface area contributed by atoms with Crippen LogP contribution >= 0.6 is 11.6 Å². The lowest BCUT2D eigenvalue weighted by Gasteiger charge is -2.41. The summed E-state index contributed by atoms with van der Waals surface area (Å²) in [6, 6.07) is 14.8. The van der Waals surface area contributed by atoms with Gasteiger partial charge in [-0.05, 0) is 41.8 Å². The van der Waals surface area contributed by atoms with Crippen LogP contribution in [0.3, 0.4) is 0 Å². The molecular formula is C24H23ClFN3O4S. The van der Waals surface area contributed by atoms with Gasteiger partial charge < -0.3 is 9.92 Å². The Morgan fingerprint density at radius 3 is 2.38 bits per heavy atom. The van der Waals surface area contributed by atoms with Gasteiger partial charge in [-0.15, -0.1) is 11.6 Å². The normalized spacial score (nSPS) is 25.0. The third kappa shape index (κ3) is 3.99. The minimum Gasteiger partial charge on any atom is -0.383 e. The summed E-state index contributed by atoms with van der Waals surface area (Å²) in [5, 5.41) is 0. The molecule has 1 aliphatic heterocycles. The van der Waals surface area contributed by atoms with Gasteiger partial charge in [-0.2, -0.15) is 8.42 Å². The smallest absolute Gasteiger partial charge is 0.306 e. The summed E-state index contributed by atoms with van der Waals surface area (Å²) in [6.45, 7) is 2.02. The van der Waals surface area contributed by atoms with Crippen LogP contribution in [0.2, 0.25) is 0 Å². The average Bonchev–Trinajstić information content (AvgIpc) is 3.06. The molecular weight excluding hydrogens is 481 g/mol. The first kappa shape index (κ1) is 24.0. The fourth-order valence-corrected chi connectivity index (χ4v) is 5.23. The van der Waals surface area contributed by atoms with E-state index in [9.17, 15) is 17.6 Å². The fraction of sp³-hybridized carbons (Fsp3) is 0.250. The molecule has 0 saturated heterocycles. The van der Waals surface area contributed by atoms with Gasteiger partial charge in [0.2, 0.25) is 0 Å². The molecule has 2 aliphatic rings. The van der Waals surface area contributed by atoms with Gasteiger partial charge in [0.25, 0.3) is 5.91 Å². The summed E-state index contributed by atoms with van der Waals surface area (Å²) < 4.78 is 42.8. The van der Waals surface area contributed by atoms with Crippen LogP contribution in [0, 0.1) is 0 Å². The van der Waals surface area contributed by atoms with Crippen molar-refractivity contribution < 1.29 is 21.8 Å². The number of guanidine groups is 1. The van der Waals surface area contributed by atoms with Crippen molar-refractivity contribution in [3.63, 3.8) is 0 Å². The number of nitrogens with zero attached hydrogens (tertiary/aromatic N) is 2. The molecule has 2 aromatic rings. The molecule has 2 aromatic carbocycles. The molecule has 2 N–H and O–H groups in total. The number of aliphatic imine (C=N–C) groups is 1. The van der Waals surface area contributed by atoms with Crippen LogP contribution in [0.4, 0.5) is 4.39 Å². The fourth-order valence-electron chi connectivity index (χ4n) is 4.34. The highest BCUT2D eigenvalue weighted by atomic mass is 35.5. The number of halogens is 2. The zero-order chi connectivity index (χ0) is 24.7. The van der Waals surface area contributed by atoms with E-state index in [-0.39, 0.29) is 24.7 Å². The topological polar surface area (TPSA) is 102 Å². The first-order chi connectivity index (χ1) is 16.0. The molecule has 4 rings (SSSR count). The molecule has 0 fully saturated rings. The Morgan fingerprint density at radius 2 is 1.82 bits per heavy atom. The van der Waals surface area contributed by atoms with Crippen LogP contribution in [0.15, 0.2) is 77.6 Å². The second-order valence-electron chi connectivity index (χ2n) is 8.11. The maximum absolute atomic E-state index is 14.9. The van der Waals surface area contributed by atoms with Crippen LogP contribution in [0.25, 0.3) is 5.57 Å². The number of carbonyl (C=O) groups excluding carboxylic acids is 1. The lowest BCUT2D eigenvalue weighted by Crippen LogP contribution is -2.53. The number of alkyl halides is 1. The van der Waals surface area contributed by atoms with E-state index in [1.165, 1.54) is 41.3 Å². The molecule has 1 amide bonds. The minimum atomic E-state index is -3.74. The van der Waals surface area contributed by atoms with E-state index < -0.39 is 32.3 Å². The second-order valence-corrected chi connectivity index (χ2v) is 10.4. The molecule has 7 nitrogen and oxygen atoms in total. The van der Waals surface area contributed by atoms with E-state index in [1.54, 1.807) is 31.2 Å². The quantitative estimate of drug-likeness (QED) is 0.478. The predicted octanol–water partition coefficient (Wildman–Crippen LogP) is 3.72. The molecule has 0 spiro atoms. The summed E-state index contributed by atoms with van der Waals surface area (Å²) in [5.74, 6) is -0.855. The molecule has 1 heterocycles. The van der Waals surface area contributed by atoms with Crippen LogP contribution in [0.5, 0.6) is 5.75 Å². The van der Waals surface area contributed by atoms with Crippen molar-refractivity contribution in [1.82, 2.24) is 4.90 Å². The Kier molecular flexibility index (Phi) is 6.03. The maximum Gasteiger partial charge on any atom is 0.306 e. The number of benzene rings is 2. The third-order valence-corrected chi connectivity index (χ3v) is 6.92. The number of amides is 1. The van der Waals surface area contributed by atoms with Crippen LogP contribution in [-0.2, 0) is 20.5 Å². The second kappa shape index (κ2) is 8.56. The van der Waals surface area contributed by atoms with E-state index in [0.717, 1.165) is 6.26 Å². The Labute approximate surface area is 202 Å². The molecule has 178 valence electrons. The SMILES string of the molecule is CCN1C(=O)C(c2ccc(OS(C)(=O)=O)cc2)(C2(Cl)C=CC(F)=C(c3ccccc3)C2)N=C1N. The van der Waals surface area contributed by atoms with E-state index in [1.807, 2.05) is 6.07 Å². The van der Waals surface area contributed by atoms with Crippen molar-refractivity contribution in [2.24, 2.45) is 10.7 Å². The van der Waals surface area contributed by atoms with Crippen LogP contribution in [-0.4, -0.2) is 42.9 Å². The van der Waals surface area contributed by atoms with Crippen molar-refractivity contribution in [3.05, 3.63) is 83.7 Å². The highest BCUT2D eigenvalue weighted by Gasteiger charge is 2.62. The predicted molar refractivity (Wildman–Crippen MR) is 129 cm³/mol. The molecule has 0 saturated carbocycles. The highest BCUT2D eigenvalue weighted by Crippen LogP contribution is 2.53. The van der Waals surface area contributed by atoms with E-state index in [0.29, 0.717) is 16.7 Å². The summed E-state index contributed by atoms with van der Waals surface area (Å²) in [6.07, 6.45) is 3.57. The van der Waals surface area contributed by atoms with E-state index >= 15 is 0 Å². The maximum atomic E-state index is 14.9. The lowest BCUT2D eigenvalue weighted by molar-refractivity contribution is -0.132. The number of carbonyl (C=O) groups is 1. The number of hydrogen-bond acceptors (Lipinski definition) is 6. The van der Waals surface area contributed by atoms with Gasteiger partial charge in [0.05, 0.1) is 6.26 Å². The molecule has 0 radical (unpaired) electrons. The molecule has 1 aliphatic carbocycles. The van der Waals surface area contributed by atoms with Gasteiger partial charge in [0, 0.05) is 13.0 Å². The first-order valence-electron chi connectivity index (χ1n) is 10.5. The number of allylic oxidation sites excluding steroid dienone is 3. The first-order valence-corrected chi connectivity index (χ1v) is 12.7. The highest BCUT2D eigenvalue weighted by molar-refractivity contribution is 7.86. The van der Waals surface area contributed by atoms with Crippen molar-refractivity contribution in [1.29, 1.82) is 0 Å². The Morgan fingerprint density at radius 1 is 1.18 bits per heavy atom. The van der Waals surface area contributed by atoms with Crippen molar-refractivity contribution in [2.45, 2.75) is 23.8 Å². The summed E-state index contributed by atoms with van der Waals surface area (Å²) in [4.78, 5) is 18.2. The zero-order valence-corrected chi connectivity index (χ0v) is 20.1. The van der Waals surface area contributed by atoms with Gasteiger partial charge >= 0.3 is 10.1 Å². The Balaban J connectivity index is 1.86. The van der Waals surface area contributed by atoms with Crippen LogP contribution in [0.1, 0.15) is 24.5 Å². The van der Waals surface area contributed by atoms with Gasteiger partial charge in [0.1, 0.15) is 16.5 Å². The summed E-state index contributed by atoms with van der Waals surface area (Å²) >= 11 is 7.19. The summed E-state index contributed by atoms with van der Waals surface area (Å²) in [7, 11) is -3.74. The molecule has 0 aromatic heterocycles. The lowest BCUT2D eigenvalue weighted by atomic mass is 9.71. The Hall–Kier alpha value is -3.17. The van der Waals surface area contributed by atoms with Crippen molar-refractivity contribution in [2.75, 3.05) is 12.8 Å². The van der Waals surface area contributed by atoms with Gasteiger partial charge in [0.15, 0.2) is 11.5 Å². The van der Waals surface area contributed by atoms with E-state index in [4.69, 9.17) is 21.5 Å². The zero-order valence-electron chi connectivity index (χ0n) is 18.5. The number of hydrogen-bond donors (Lipinski definition) is 1. The van der Waals surface area contributed by atoms with Crippen LogP contribution < -0.4 is 9.92 Å². The monoisotopic (exact) mass is 503 g/mol. The van der Waals surface area contributed by atoms with E-state index in [2.05, 4.69) is 4.99 Å². The average molecular weight is 504 g/mol. The molecule has 2 unspecified atom stereocenters. The van der Waals surface area contributed by atoms with Gasteiger partial charge in [-0.3, -0.25) is 9.69 Å². The number of likely N-dealkylation sites (N-methyl/N-ethyl adjacent to an activating group) is 1.